The number of nitrogens with zero attached hydrogens (tertiary/aromatic N) is 2. The molecular weight excluding hydrogens is 466 g/mol. The van der Waals surface area contributed by atoms with Crippen LogP contribution >= 0.6 is 11.6 Å². The number of benzene rings is 3. The Kier molecular flexibility index (Phi) is 5.99. The molecule has 0 saturated carbocycles. The molecule has 0 unspecified atom stereocenters. The first-order valence-corrected chi connectivity index (χ1v) is 11.4. The van der Waals surface area contributed by atoms with Gasteiger partial charge in [-0.1, -0.05) is 48.0 Å². The SMILES string of the molecule is O=[N+]([O-])c1ccc(S(=O)(=O)Nc2cc(Cl)c3ccc(/C=C/c4ccccc4)nc3c2O)cc1. The molecule has 4 aromatic rings. The maximum Gasteiger partial charge on any atom is 0.269 e. The molecule has 0 fully saturated rings. The van der Waals surface area contributed by atoms with Gasteiger partial charge in [-0.25, -0.2) is 13.4 Å². The van der Waals surface area contributed by atoms with Crippen molar-refractivity contribution in [1.29, 1.82) is 0 Å². The summed E-state index contributed by atoms with van der Waals surface area (Å²) in [4.78, 5) is 14.4. The molecule has 0 saturated heterocycles. The Bertz CT molecular complexity index is 1490. The van der Waals surface area contributed by atoms with Crippen LogP contribution in [0.15, 0.2) is 77.7 Å². The van der Waals surface area contributed by atoms with E-state index in [4.69, 9.17) is 11.6 Å². The molecule has 10 heteroatoms. The zero-order valence-corrected chi connectivity index (χ0v) is 18.4. The van der Waals surface area contributed by atoms with Crippen molar-refractivity contribution in [3.8, 4) is 5.75 Å². The van der Waals surface area contributed by atoms with Crippen molar-refractivity contribution in [2.75, 3.05) is 4.72 Å². The van der Waals surface area contributed by atoms with Crippen LogP contribution in [-0.4, -0.2) is 23.4 Å². The number of nitro benzene ring substituents is 1. The molecule has 2 N–H and O–H groups in total. The number of rotatable bonds is 6. The maximum atomic E-state index is 12.7. The number of phenols is 1. The first kappa shape index (κ1) is 22.3. The van der Waals surface area contributed by atoms with Crippen LogP contribution in [0.5, 0.6) is 5.75 Å². The molecule has 33 heavy (non-hydrogen) atoms. The second-order valence-electron chi connectivity index (χ2n) is 6.99. The standard InChI is InChI=1S/C23H16ClN3O5S/c24-20-14-21(26-33(31,32)18-11-9-17(10-12-18)27(29)30)23(28)22-19(20)13-8-16(25-22)7-6-15-4-2-1-3-5-15/h1-14,26,28H/b7-6+. The third-order valence-electron chi connectivity index (χ3n) is 4.77. The Morgan fingerprint density at radius 2 is 1.70 bits per heavy atom. The lowest BCUT2D eigenvalue weighted by atomic mass is 10.1. The minimum absolute atomic E-state index is 0.124. The summed E-state index contributed by atoms with van der Waals surface area (Å²) in [7, 11) is -4.15. The number of non-ortho nitro benzene ring substituents is 1. The van der Waals surface area contributed by atoms with Crippen LogP contribution in [0.4, 0.5) is 11.4 Å². The van der Waals surface area contributed by atoms with Crippen LogP contribution in [0, 0.1) is 10.1 Å². The van der Waals surface area contributed by atoms with Gasteiger partial charge in [0.25, 0.3) is 15.7 Å². The summed E-state index contributed by atoms with van der Waals surface area (Å²) in [5, 5.41) is 22.2. The summed E-state index contributed by atoms with van der Waals surface area (Å²) in [5.41, 5.74) is 1.21. The predicted molar refractivity (Wildman–Crippen MR) is 128 cm³/mol. The van der Waals surface area contributed by atoms with Gasteiger partial charge in [-0.05, 0) is 42.0 Å². The van der Waals surface area contributed by atoms with E-state index in [0.717, 1.165) is 29.8 Å². The zero-order chi connectivity index (χ0) is 23.6. The number of pyridine rings is 1. The number of hydrogen-bond donors (Lipinski definition) is 2. The van der Waals surface area contributed by atoms with Gasteiger partial charge >= 0.3 is 0 Å². The van der Waals surface area contributed by atoms with Crippen molar-refractivity contribution in [2.45, 2.75) is 4.90 Å². The fourth-order valence-corrected chi connectivity index (χ4v) is 4.43. The van der Waals surface area contributed by atoms with Crippen molar-refractivity contribution < 1.29 is 18.4 Å². The number of phenolic OH excluding ortho intramolecular Hbond substituents is 1. The van der Waals surface area contributed by atoms with Crippen molar-refractivity contribution in [1.82, 2.24) is 4.98 Å². The van der Waals surface area contributed by atoms with Crippen LogP contribution in [0.2, 0.25) is 5.02 Å². The van der Waals surface area contributed by atoms with E-state index in [1.54, 1.807) is 18.2 Å². The zero-order valence-electron chi connectivity index (χ0n) is 16.8. The number of nitro groups is 1. The molecule has 0 spiro atoms. The minimum atomic E-state index is -4.15. The molecule has 0 atom stereocenters. The van der Waals surface area contributed by atoms with E-state index in [9.17, 15) is 23.6 Å². The van der Waals surface area contributed by atoms with E-state index in [1.165, 1.54) is 6.07 Å². The van der Waals surface area contributed by atoms with Gasteiger partial charge < -0.3 is 5.11 Å². The number of hydrogen-bond acceptors (Lipinski definition) is 6. The monoisotopic (exact) mass is 481 g/mol. The fraction of sp³-hybridized carbons (Fsp3) is 0. The number of aromatic hydroxyl groups is 1. The summed E-state index contributed by atoms with van der Waals surface area (Å²) in [6.45, 7) is 0. The molecule has 0 aliphatic heterocycles. The summed E-state index contributed by atoms with van der Waals surface area (Å²) in [5.74, 6) is -0.394. The molecule has 1 heterocycles. The molecule has 0 radical (unpaired) electrons. The molecule has 4 rings (SSSR count). The Labute approximate surface area is 194 Å². The Morgan fingerprint density at radius 1 is 1.00 bits per heavy atom. The summed E-state index contributed by atoms with van der Waals surface area (Å²) in [6.07, 6.45) is 3.61. The van der Waals surface area contributed by atoms with Gasteiger partial charge in [0.2, 0.25) is 0 Å². The number of nitrogens with one attached hydrogen (secondary N) is 1. The predicted octanol–water partition coefficient (Wildman–Crippen LogP) is 5.47. The maximum absolute atomic E-state index is 12.7. The number of halogens is 1. The third kappa shape index (κ3) is 4.79. The molecule has 0 amide bonds. The van der Waals surface area contributed by atoms with Gasteiger partial charge in [0.15, 0.2) is 5.75 Å². The van der Waals surface area contributed by atoms with Gasteiger partial charge in [-0.2, -0.15) is 0 Å². The number of anilines is 1. The molecule has 0 aliphatic carbocycles. The number of aromatic nitrogens is 1. The Balaban J connectivity index is 1.70. The quantitative estimate of drug-likeness (QED) is 0.214. The van der Waals surface area contributed by atoms with Gasteiger partial charge in [0.05, 0.1) is 26.2 Å². The second kappa shape index (κ2) is 8.89. The van der Waals surface area contributed by atoms with Crippen LogP contribution < -0.4 is 4.72 Å². The topological polar surface area (TPSA) is 122 Å². The molecule has 3 aromatic carbocycles. The second-order valence-corrected chi connectivity index (χ2v) is 9.08. The molecule has 0 aliphatic rings. The highest BCUT2D eigenvalue weighted by atomic mass is 35.5. The fourth-order valence-electron chi connectivity index (χ4n) is 3.11. The first-order valence-electron chi connectivity index (χ1n) is 9.57. The van der Waals surface area contributed by atoms with Gasteiger partial charge in [0, 0.05) is 17.5 Å². The average molecular weight is 482 g/mol. The number of sulfonamides is 1. The lowest BCUT2D eigenvalue weighted by molar-refractivity contribution is -0.384. The highest BCUT2D eigenvalue weighted by Crippen LogP contribution is 2.38. The van der Waals surface area contributed by atoms with Crippen molar-refractivity contribution in [2.24, 2.45) is 0 Å². The van der Waals surface area contributed by atoms with E-state index < -0.39 is 20.7 Å². The van der Waals surface area contributed by atoms with Crippen LogP contribution in [-0.2, 0) is 10.0 Å². The summed E-state index contributed by atoms with van der Waals surface area (Å²) in [6, 6.07) is 18.6. The average Bonchev–Trinajstić information content (AvgIpc) is 2.81. The van der Waals surface area contributed by atoms with Crippen molar-refractivity contribution in [3.05, 3.63) is 99.2 Å². The van der Waals surface area contributed by atoms with Crippen LogP contribution in [0.25, 0.3) is 23.1 Å². The van der Waals surface area contributed by atoms with Gasteiger partial charge in [0.1, 0.15) is 5.52 Å². The number of fused-ring (bicyclic) bond motifs is 1. The van der Waals surface area contributed by atoms with Crippen LogP contribution in [0.1, 0.15) is 11.3 Å². The highest BCUT2D eigenvalue weighted by molar-refractivity contribution is 7.92. The van der Waals surface area contributed by atoms with E-state index in [-0.39, 0.29) is 26.8 Å². The summed E-state index contributed by atoms with van der Waals surface area (Å²) < 4.78 is 27.8. The molecular formula is C23H16ClN3O5S. The Hall–Kier alpha value is -3.95. The Morgan fingerprint density at radius 3 is 2.36 bits per heavy atom. The normalized spacial score (nSPS) is 11.7. The largest absolute Gasteiger partial charge is 0.504 e. The van der Waals surface area contributed by atoms with Gasteiger partial charge in [-0.15, -0.1) is 0 Å². The van der Waals surface area contributed by atoms with E-state index >= 15 is 0 Å². The van der Waals surface area contributed by atoms with Crippen molar-refractivity contribution in [3.63, 3.8) is 0 Å². The third-order valence-corrected chi connectivity index (χ3v) is 6.47. The van der Waals surface area contributed by atoms with Crippen molar-refractivity contribution >= 4 is 56.1 Å². The smallest absolute Gasteiger partial charge is 0.269 e. The molecule has 0 bridgehead atoms. The molecule has 1 aromatic heterocycles. The van der Waals surface area contributed by atoms with Crippen LogP contribution in [0.3, 0.4) is 0 Å². The lowest BCUT2D eigenvalue weighted by Crippen LogP contribution is -2.13. The van der Waals surface area contributed by atoms with Gasteiger partial charge in [-0.3, -0.25) is 14.8 Å². The molecule has 8 nitrogen and oxygen atoms in total. The van der Waals surface area contributed by atoms with E-state index in [1.807, 2.05) is 36.4 Å². The minimum Gasteiger partial charge on any atom is -0.504 e. The lowest BCUT2D eigenvalue weighted by Gasteiger charge is -2.12. The van der Waals surface area contributed by atoms with E-state index in [0.29, 0.717) is 11.1 Å². The highest BCUT2D eigenvalue weighted by Gasteiger charge is 2.20. The molecule has 166 valence electrons. The first-order chi connectivity index (χ1) is 15.7. The summed E-state index contributed by atoms with van der Waals surface area (Å²) >= 11 is 6.31. The van der Waals surface area contributed by atoms with E-state index in [2.05, 4.69) is 9.71 Å².